The van der Waals surface area contributed by atoms with E-state index >= 15 is 0 Å². The first-order chi connectivity index (χ1) is 6.75. The summed E-state index contributed by atoms with van der Waals surface area (Å²) in [7, 11) is 0. The van der Waals surface area contributed by atoms with E-state index in [1.54, 1.807) is 0 Å². The summed E-state index contributed by atoms with van der Waals surface area (Å²) in [6, 6.07) is 4.48. The lowest BCUT2D eigenvalue weighted by Gasteiger charge is -2.31. The van der Waals surface area contributed by atoms with Gasteiger partial charge in [0.2, 0.25) is 0 Å². The number of hydrogen-bond acceptors (Lipinski definition) is 3. The Balaban J connectivity index is 2.08. The van der Waals surface area contributed by atoms with Crippen molar-refractivity contribution in [2.75, 3.05) is 18.0 Å². The number of hydrogen-bond donors (Lipinski definition) is 1. The molecule has 0 radical (unpaired) electrons. The zero-order valence-corrected chi connectivity index (χ0v) is 9.57. The van der Waals surface area contributed by atoms with Crippen LogP contribution in [0.15, 0.2) is 22.9 Å². The number of nitrogens with zero attached hydrogens (tertiary/aromatic N) is 2. The highest BCUT2D eigenvalue weighted by molar-refractivity contribution is 9.10. The summed E-state index contributed by atoms with van der Waals surface area (Å²) in [5.41, 5.74) is 7.09. The predicted molar refractivity (Wildman–Crippen MR) is 61.4 cm³/mol. The molecule has 1 saturated heterocycles. The van der Waals surface area contributed by atoms with Gasteiger partial charge in [-0.3, -0.25) is 0 Å². The van der Waals surface area contributed by atoms with Gasteiger partial charge in [-0.25, -0.2) is 4.98 Å². The Morgan fingerprint density at radius 3 is 2.79 bits per heavy atom. The molecule has 1 fully saturated rings. The molecule has 1 aromatic heterocycles. The molecule has 76 valence electrons. The summed E-state index contributed by atoms with van der Waals surface area (Å²) in [5, 5.41) is 0. The SMILES string of the molecule is NC1CCN(c2ccnc(Br)c2)CC1. The van der Waals surface area contributed by atoms with Gasteiger partial charge in [0.05, 0.1) is 0 Å². The quantitative estimate of drug-likeness (QED) is 0.779. The standard InChI is InChI=1S/C10H14BrN3/c11-10-7-9(1-4-13-10)14-5-2-8(12)3-6-14/h1,4,7-8H,2-3,5-6,12H2. The van der Waals surface area contributed by atoms with Crippen molar-refractivity contribution >= 4 is 21.6 Å². The molecule has 2 heterocycles. The summed E-state index contributed by atoms with van der Waals surface area (Å²) in [6.07, 6.45) is 3.99. The lowest BCUT2D eigenvalue weighted by atomic mass is 10.1. The summed E-state index contributed by atoms with van der Waals surface area (Å²) in [4.78, 5) is 6.47. The van der Waals surface area contributed by atoms with Crippen LogP contribution >= 0.6 is 15.9 Å². The molecule has 3 nitrogen and oxygen atoms in total. The zero-order valence-electron chi connectivity index (χ0n) is 7.99. The van der Waals surface area contributed by atoms with Crippen molar-refractivity contribution in [2.24, 2.45) is 5.73 Å². The second-order valence-electron chi connectivity index (χ2n) is 3.66. The van der Waals surface area contributed by atoms with Crippen molar-refractivity contribution in [1.29, 1.82) is 0 Å². The van der Waals surface area contributed by atoms with Crippen molar-refractivity contribution in [3.05, 3.63) is 22.9 Å². The molecule has 4 heteroatoms. The van der Waals surface area contributed by atoms with E-state index in [1.807, 2.05) is 12.3 Å². The van der Waals surface area contributed by atoms with Crippen LogP contribution in [0.5, 0.6) is 0 Å². The monoisotopic (exact) mass is 255 g/mol. The molecule has 1 aromatic rings. The van der Waals surface area contributed by atoms with Crippen LogP contribution in [-0.4, -0.2) is 24.1 Å². The largest absolute Gasteiger partial charge is 0.371 e. The van der Waals surface area contributed by atoms with Gasteiger partial charge >= 0.3 is 0 Å². The number of halogens is 1. The maximum absolute atomic E-state index is 5.86. The number of piperidine rings is 1. The van der Waals surface area contributed by atoms with E-state index in [-0.39, 0.29) is 0 Å². The highest BCUT2D eigenvalue weighted by atomic mass is 79.9. The third kappa shape index (κ3) is 2.25. The van der Waals surface area contributed by atoms with Gasteiger partial charge in [0.25, 0.3) is 0 Å². The molecule has 0 aromatic carbocycles. The van der Waals surface area contributed by atoms with E-state index in [9.17, 15) is 0 Å². The van der Waals surface area contributed by atoms with Gasteiger partial charge in [0.1, 0.15) is 4.60 Å². The first-order valence-corrected chi connectivity index (χ1v) is 5.67. The molecular formula is C10H14BrN3. The van der Waals surface area contributed by atoms with E-state index in [1.165, 1.54) is 5.69 Å². The highest BCUT2D eigenvalue weighted by Crippen LogP contribution is 2.21. The van der Waals surface area contributed by atoms with Crippen LogP contribution in [0, 0.1) is 0 Å². The molecule has 0 saturated carbocycles. The van der Waals surface area contributed by atoms with Gasteiger partial charge in [-0.05, 0) is 40.9 Å². The molecule has 2 rings (SSSR count). The normalized spacial score (nSPS) is 18.6. The van der Waals surface area contributed by atoms with Crippen LogP contribution in [0.4, 0.5) is 5.69 Å². The number of nitrogens with two attached hydrogens (primary N) is 1. The smallest absolute Gasteiger partial charge is 0.108 e. The maximum atomic E-state index is 5.86. The minimum atomic E-state index is 0.386. The zero-order chi connectivity index (χ0) is 9.97. The minimum absolute atomic E-state index is 0.386. The summed E-state index contributed by atoms with van der Waals surface area (Å²) in [5.74, 6) is 0. The number of aromatic nitrogens is 1. The van der Waals surface area contributed by atoms with Crippen molar-refractivity contribution in [3.8, 4) is 0 Å². The van der Waals surface area contributed by atoms with Crippen molar-refractivity contribution < 1.29 is 0 Å². The molecule has 14 heavy (non-hydrogen) atoms. The first-order valence-electron chi connectivity index (χ1n) is 4.88. The fraction of sp³-hybridized carbons (Fsp3) is 0.500. The Morgan fingerprint density at radius 1 is 1.43 bits per heavy atom. The summed E-state index contributed by atoms with van der Waals surface area (Å²) in [6.45, 7) is 2.11. The van der Waals surface area contributed by atoms with Gasteiger partial charge in [0.15, 0.2) is 0 Å². The molecular weight excluding hydrogens is 242 g/mol. The Hall–Kier alpha value is -0.610. The van der Waals surface area contributed by atoms with Crippen LogP contribution < -0.4 is 10.6 Å². The van der Waals surface area contributed by atoms with E-state index in [0.717, 1.165) is 30.5 Å². The molecule has 0 unspecified atom stereocenters. The Bertz CT molecular complexity index is 308. The van der Waals surface area contributed by atoms with Crippen molar-refractivity contribution in [1.82, 2.24) is 4.98 Å². The molecule has 0 spiro atoms. The number of anilines is 1. The summed E-state index contributed by atoms with van der Waals surface area (Å²) < 4.78 is 0.893. The molecule has 0 amide bonds. The number of pyridine rings is 1. The Labute approximate surface area is 92.4 Å². The molecule has 1 aliphatic heterocycles. The fourth-order valence-electron chi connectivity index (χ4n) is 1.75. The van der Waals surface area contributed by atoms with Crippen LogP contribution in [0.2, 0.25) is 0 Å². The molecule has 2 N–H and O–H groups in total. The fourth-order valence-corrected chi connectivity index (χ4v) is 2.10. The topological polar surface area (TPSA) is 42.1 Å². The first kappa shape index (κ1) is 9.93. The van der Waals surface area contributed by atoms with E-state index in [4.69, 9.17) is 5.73 Å². The predicted octanol–water partition coefficient (Wildman–Crippen LogP) is 1.77. The highest BCUT2D eigenvalue weighted by Gasteiger charge is 2.16. The van der Waals surface area contributed by atoms with Gasteiger partial charge in [-0.15, -0.1) is 0 Å². The average molecular weight is 256 g/mol. The van der Waals surface area contributed by atoms with Gasteiger partial charge in [-0.2, -0.15) is 0 Å². The van der Waals surface area contributed by atoms with Crippen LogP contribution in [0.3, 0.4) is 0 Å². The Morgan fingerprint density at radius 2 is 2.14 bits per heavy atom. The van der Waals surface area contributed by atoms with Gasteiger partial charge in [-0.1, -0.05) is 0 Å². The summed E-state index contributed by atoms with van der Waals surface area (Å²) >= 11 is 3.38. The van der Waals surface area contributed by atoms with Crippen molar-refractivity contribution in [2.45, 2.75) is 18.9 Å². The molecule has 0 bridgehead atoms. The minimum Gasteiger partial charge on any atom is -0.371 e. The third-order valence-electron chi connectivity index (χ3n) is 2.61. The lowest BCUT2D eigenvalue weighted by molar-refractivity contribution is 0.501. The van der Waals surface area contributed by atoms with E-state index < -0.39 is 0 Å². The van der Waals surface area contributed by atoms with Crippen LogP contribution in [-0.2, 0) is 0 Å². The molecule has 1 aliphatic rings. The van der Waals surface area contributed by atoms with E-state index in [0.29, 0.717) is 6.04 Å². The van der Waals surface area contributed by atoms with E-state index in [2.05, 4.69) is 31.9 Å². The maximum Gasteiger partial charge on any atom is 0.108 e. The van der Waals surface area contributed by atoms with Gasteiger partial charge in [0, 0.05) is 31.0 Å². The second-order valence-corrected chi connectivity index (χ2v) is 4.47. The van der Waals surface area contributed by atoms with Crippen LogP contribution in [0.25, 0.3) is 0 Å². The number of rotatable bonds is 1. The molecule has 0 aliphatic carbocycles. The molecule has 0 atom stereocenters. The van der Waals surface area contributed by atoms with Crippen molar-refractivity contribution in [3.63, 3.8) is 0 Å². The average Bonchev–Trinajstić information content (AvgIpc) is 2.19. The van der Waals surface area contributed by atoms with Crippen LogP contribution in [0.1, 0.15) is 12.8 Å². The van der Waals surface area contributed by atoms with Gasteiger partial charge < -0.3 is 10.6 Å². The third-order valence-corrected chi connectivity index (χ3v) is 3.05. The lowest BCUT2D eigenvalue weighted by Crippen LogP contribution is -2.39. The second kappa shape index (κ2) is 4.28. The Kier molecular flexibility index (Phi) is 3.03.